The van der Waals surface area contributed by atoms with Crippen LogP contribution in [0.15, 0.2) is 29.6 Å². The van der Waals surface area contributed by atoms with E-state index in [1.165, 1.54) is 18.5 Å². The third-order valence-corrected chi connectivity index (χ3v) is 3.76. The second-order valence-electron chi connectivity index (χ2n) is 3.32. The Bertz CT molecular complexity index is 655. The number of aromatic nitrogens is 3. The lowest BCUT2D eigenvalue weighted by Crippen LogP contribution is -2.16. The van der Waals surface area contributed by atoms with E-state index in [-0.39, 0.29) is 21.4 Å². The maximum Gasteiger partial charge on any atom is 0.280 e. The Balaban J connectivity index is 2.37. The van der Waals surface area contributed by atoms with Crippen LogP contribution in [0.4, 0.5) is 5.82 Å². The van der Waals surface area contributed by atoms with E-state index in [4.69, 9.17) is 16.7 Å². The zero-order valence-electron chi connectivity index (χ0n) is 8.96. The Hall–Kier alpha value is -1.64. The summed E-state index contributed by atoms with van der Waals surface area (Å²) in [6, 6.07) is 3.09. The summed E-state index contributed by atoms with van der Waals surface area (Å²) in [5, 5.41) is 14.8. The van der Waals surface area contributed by atoms with Crippen LogP contribution in [-0.2, 0) is 16.6 Å². The molecule has 0 saturated carbocycles. The van der Waals surface area contributed by atoms with E-state index in [0.29, 0.717) is 0 Å². The van der Waals surface area contributed by atoms with Gasteiger partial charge in [-0.25, -0.2) is 4.98 Å². The number of halogens is 1. The fraction of sp³-hybridized carbons (Fsp3) is 0.111. The summed E-state index contributed by atoms with van der Waals surface area (Å²) in [5.74, 6) is 0.0117. The third kappa shape index (κ3) is 2.45. The molecule has 96 valence electrons. The molecule has 0 aliphatic rings. The van der Waals surface area contributed by atoms with Crippen molar-refractivity contribution in [2.24, 2.45) is 0 Å². The first-order valence-electron chi connectivity index (χ1n) is 4.81. The molecule has 0 bridgehead atoms. The van der Waals surface area contributed by atoms with Crippen molar-refractivity contribution in [1.29, 1.82) is 0 Å². The molecule has 0 aliphatic carbocycles. The molecule has 2 aromatic heterocycles. The maximum atomic E-state index is 12.0. The summed E-state index contributed by atoms with van der Waals surface area (Å²) in [7, 11) is -3.91. The summed E-state index contributed by atoms with van der Waals surface area (Å²) in [4.78, 5) is 3.81. The number of pyridine rings is 1. The summed E-state index contributed by atoms with van der Waals surface area (Å²) >= 11 is 5.80. The summed E-state index contributed by atoms with van der Waals surface area (Å²) in [6.07, 6.45) is 2.64. The highest BCUT2D eigenvalue weighted by Crippen LogP contribution is 2.22. The molecule has 0 aromatic carbocycles. The largest absolute Gasteiger partial charge is 0.392 e. The van der Waals surface area contributed by atoms with Crippen LogP contribution in [0.2, 0.25) is 5.02 Å². The first kappa shape index (κ1) is 12.8. The highest BCUT2D eigenvalue weighted by atomic mass is 35.5. The van der Waals surface area contributed by atoms with Crippen molar-refractivity contribution in [3.05, 3.63) is 35.1 Å². The van der Waals surface area contributed by atoms with Crippen molar-refractivity contribution in [2.75, 3.05) is 4.72 Å². The molecule has 0 fully saturated rings. The fourth-order valence-corrected chi connectivity index (χ4v) is 2.66. The van der Waals surface area contributed by atoms with Crippen LogP contribution in [0.1, 0.15) is 5.56 Å². The lowest BCUT2D eigenvalue weighted by Gasteiger charge is -2.07. The molecule has 2 rings (SSSR count). The van der Waals surface area contributed by atoms with Gasteiger partial charge in [-0.15, -0.1) is 0 Å². The number of anilines is 1. The van der Waals surface area contributed by atoms with Crippen LogP contribution in [0, 0.1) is 0 Å². The zero-order chi connectivity index (χ0) is 13.2. The predicted octanol–water partition coefficient (Wildman–Crippen LogP) is 0.751. The molecule has 0 unspecified atom stereocenters. The number of nitrogens with zero attached hydrogens (tertiary/aromatic N) is 2. The molecule has 2 aromatic rings. The molecular formula is C9H9ClN4O3S. The lowest BCUT2D eigenvalue weighted by molar-refractivity contribution is 0.278. The van der Waals surface area contributed by atoms with Gasteiger partial charge in [-0.2, -0.15) is 13.5 Å². The molecule has 0 amide bonds. The Labute approximate surface area is 108 Å². The Morgan fingerprint density at radius 3 is 2.94 bits per heavy atom. The lowest BCUT2D eigenvalue weighted by atomic mass is 10.4. The molecule has 0 spiro atoms. The molecule has 0 atom stereocenters. The molecule has 18 heavy (non-hydrogen) atoms. The fourth-order valence-electron chi connectivity index (χ4n) is 1.28. The number of aliphatic hydroxyl groups is 1. The number of aromatic amines is 1. The number of aliphatic hydroxyl groups excluding tert-OH is 1. The second kappa shape index (κ2) is 4.92. The SMILES string of the molecule is O=S(=O)(Nc1ncccc1Cl)c1[nH]ncc1CO. The van der Waals surface area contributed by atoms with Gasteiger partial charge in [0.25, 0.3) is 10.0 Å². The van der Waals surface area contributed by atoms with Crippen LogP contribution in [0.5, 0.6) is 0 Å². The summed E-state index contributed by atoms with van der Waals surface area (Å²) < 4.78 is 26.2. The minimum Gasteiger partial charge on any atom is -0.392 e. The maximum absolute atomic E-state index is 12.0. The third-order valence-electron chi connectivity index (χ3n) is 2.11. The number of hydrogen-bond acceptors (Lipinski definition) is 5. The Morgan fingerprint density at radius 2 is 2.28 bits per heavy atom. The van der Waals surface area contributed by atoms with Gasteiger partial charge < -0.3 is 5.11 Å². The van der Waals surface area contributed by atoms with Gasteiger partial charge in [-0.3, -0.25) is 9.82 Å². The van der Waals surface area contributed by atoms with E-state index < -0.39 is 16.6 Å². The minimum absolute atomic E-state index is 0.0117. The zero-order valence-corrected chi connectivity index (χ0v) is 10.5. The van der Waals surface area contributed by atoms with Gasteiger partial charge in [-0.1, -0.05) is 11.6 Å². The van der Waals surface area contributed by atoms with Crippen LogP contribution < -0.4 is 4.72 Å². The molecule has 0 radical (unpaired) electrons. The highest BCUT2D eigenvalue weighted by molar-refractivity contribution is 7.92. The van der Waals surface area contributed by atoms with E-state index in [1.54, 1.807) is 6.07 Å². The standard InChI is InChI=1S/C9H9ClN4O3S/c10-7-2-1-3-11-8(7)14-18(16,17)9-6(5-15)4-12-13-9/h1-4,15H,5H2,(H,11,14)(H,12,13). The first-order chi connectivity index (χ1) is 8.54. The van der Waals surface area contributed by atoms with Gasteiger partial charge >= 0.3 is 0 Å². The molecule has 3 N–H and O–H groups in total. The van der Waals surface area contributed by atoms with Crippen molar-refractivity contribution in [1.82, 2.24) is 15.2 Å². The van der Waals surface area contributed by atoms with Gasteiger partial charge in [0.1, 0.15) is 0 Å². The second-order valence-corrected chi connectivity index (χ2v) is 5.35. The van der Waals surface area contributed by atoms with Gasteiger partial charge in [0.05, 0.1) is 17.8 Å². The van der Waals surface area contributed by atoms with E-state index >= 15 is 0 Å². The average molecular weight is 289 g/mol. The molecule has 0 aliphatic heterocycles. The van der Waals surface area contributed by atoms with Crippen molar-refractivity contribution in [3.8, 4) is 0 Å². The van der Waals surface area contributed by atoms with E-state index in [0.717, 1.165) is 0 Å². The quantitative estimate of drug-likeness (QED) is 0.769. The van der Waals surface area contributed by atoms with E-state index in [9.17, 15) is 8.42 Å². The van der Waals surface area contributed by atoms with Gasteiger partial charge in [0.2, 0.25) is 0 Å². The van der Waals surface area contributed by atoms with E-state index in [2.05, 4.69) is 19.9 Å². The van der Waals surface area contributed by atoms with E-state index in [1.807, 2.05) is 0 Å². The average Bonchev–Trinajstić information content (AvgIpc) is 2.81. The van der Waals surface area contributed by atoms with Crippen LogP contribution >= 0.6 is 11.6 Å². The van der Waals surface area contributed by atoms with Gasteiger partial charge in [-0.05, 0) is 12.1 Å². The normalized spacial score (nSPS) is 11.4. The van der Waals surface area contributed by atoms with Crippen molar-refractivity contribution in [2.45, 2.75) is 11.6 Å². The molecule has 7 nitrogen and oxygen atoms in total. The number of sulfonamides is 1. The van der Waals surface area contributed by atoms with Crippen LogP contribution in [0.3, 0.4) is 0 Å². The first-order valence-corrected chi connectivity index (χ1v) is 6.67. The molecule has 0 saturated heterocycles. The minimum atomic E-state index is -3.91. The number of H-pyrrole nitrogens is 1. The molecular weight excluding hydrogens is 280 g/mol. The van der Waals surface area contributed by atoms with Gasteiger partial charge in [0.15, 0.2) is 10.8 Å². The Kier molecular flexibility index (Phi) is 3.50. The van der Waals surface area contributed by atoms with Crippen LogP contribution in [-0.4, -0.2) is 28.7 Å². The van der Waals surface area contributed by atoms with Crippen molar-refractivity contribution < 1.29 is 13.5 Å². The van der Waals surface area contributed by atoms with Gasteiger partial charge in [0, 0.05) is 11.8 Å². The molecule has 2 heterocycles. The Morgan fingerprint density at radius 1 is 1.50 bits per heavy atom. The topological polar surface area (TPSA) is 108 Å². The predicted molar refractivity (Wildman–Crippen MR) is 64.6 cm³/mol. The summed E-state index contributed by atoms with van der Waals surface area (Å²) in [6.45, 7) is -0.442. The van der Waals surface area contributed by atoms with Crippen LogP contribution in [0.25, 0.3) is 0 Å². The highest BCUT2D eigenvalue weighted by Gasteiger charge is 2.21. The smallest absolute Gasteiger partial charge is 0.280 e. The number of nitrogens with one attached hydrogen (secondary N) is 2. The summed E-state index contributed by atoms with van der Waals surface area (Å²) in [5.41, 5.74) is 0.162. The molecule has 9 heteroatoms. The number of rotatable bonds is 4. The van der Waals surface area contributed by atoms with Crippen molar-refractivity contribution in [3.63, 3.8) is 0 Å². The number of hydrogen-bond donors (Lipinski definition) is 3. The van der Waals surface area contributed by atoms with Crippen molar-refractivity contribution >= 4 is 27.4 Å². The monoisotopic (exact) mass is 288 g/mol.